The molecule has 2 heterocycles. The summed E-state index contributed by atoms with van der Waals surface area (Å²) < 4.78 is 0. The number of para-hydroxylation sites is 1. The van der Waals surface area contributed by atoms with Gasteiger partial charge in [-0.3, -0.25) is 4.79 Å². The minimum Gasteiger partial charge on any atom is -0.507 e. The molecular weight excluding hydrogens is 284 g/mol. The topological polar surface area (TPSA) is 53.4 Å². The minimum absolute atomic E-state index is 0.0557. The van der Waals surface area contributed by atoms with Gasteiger partial charge in [0.05, 0.1) is 10.6 Å². The highest BCUT2D eigenvalue weighted by Crippen LogP contribution is 2.31. The third-order valence-electron chi connectivity index (χ3n) is 3.90. The normalized spacial score (nSPS) is 16.1. The summed E-state index contributed by atoms with van der Waals surface area (Å²) in [6, 6.07) is 6.73. The maximum absolute atomic E-state index is 12.4. The second kappa shape index (κ2) is 5.85. The largest absolute Gasteiger partial charge is 0.507 e. The van der Waals surface area contributed by atoms with E-state index < -0.39 is 0 Å². The van der Waals surface area contributed by atoms with Crippen LogP contribution >= 0.6 is 11.3 Å². The van der Waals surface area contributed by atoms with Crippen LogP contribution in [0.15, 0.2) is 29.6 Å². The molecule has 0 spiro atoms. The fourth-order valence-corrected chi connectivity index (χ4v) is 3.68. The number of carbonyl (C=O) groups is 1. The number of benzene rings is 1. The van der Waals surface area contributed by atoms with Crippen LogP contribution in [0.25, 0.3) is 0 Å². The Morgan fingerprint density at radius 1 is 1.33 bits per heavy atom. The highest BCUT2D eigenvalue weighted by Gasteiger charge is 2.27. The lowest BCUT2D eigenvalue weighted by molar-refractivity contribution is 0.0710. The molecule has 1 aromatic heterocycles. The summed E-state index contributed by atoms with van der Waals surface area (Å²) in [5.74, 6) is 0.430. The molecule has 1 amide bonds. The van der Waals surface area contributed by atoms with Crippen LogP contribution < -0.4 is 0 Å². The quantitative estimate of drug-likeness (QED) is 0.927. The van der Waals surface area contributed by atoms with E-state index in [0.717, 1.165) is 31.6 Å². The van der Waals surface area contributed by atoms with Gasteiger partial charge in [0, 0.05) is 30.1 Å². The van der Waals surface area contributed by atoms with Crippen LogP contribution in [0.3, 0.4) is 0 Å². The van der Waals surface area contributed by atoms with Crippen LogP contribution in [0.2, 0.25) is 0 Å². The number of aromatic nitrogens is 1. The van der Waals surface area contributed by atoms with Crippen molar-refractivity contribution in [2.24, 2.45) is 0 Å². The van der Waals surface area contributed by atoms with Crippen molar-refractivity contribution in [1.29, 1.82) is 0 Å². The van der Waals surface area contributed by atoms with Gasteiger partial charge in [0.2, 0.25) is 0 Å². The highest BCUT2D eigenvalue weighted by atomic mass is 32.1. The number of phenols is 1. The summed E-state index contributed by atoms with van der Waals surface area (Å²) in [5.41, 5.74) is 1.46. The molecular formula is C16H18N2O2S. The highest BCUT2D eigenvalue weighted by molar-refractivity contribution is 7.09. The van der Waals surface area contributed by atoms with Gasteiger partial charge in [-0.25, -0.2) is 4.98 Å². The van der Waals surface area contributed by atoms with E-state index in [4.69, 9.17) is 0 Å². The van der Waals surface area contributed by atoms with E-state index in [9.17, 15) is 9.90 Å². The SMILES string of the molecule is Cc1csc(C2CCN(C(=O)c3ccccc3O)CC2)n1. The van der Waals surface area contributed by atoms with Crippen molar-refractivity contribution in [2.75, 3.05) is 13.1 Å². The van der Waals surface area contributed by atoms with Gasteiger partial charge >= 0.3 is 0 Å². The fourth-order valence-electron chi connectivity index (χ4n) is 2.71. The Kier molecular flexibility index (Phi) is 3.92. The van der Waals surface area contributed by atoms with Crippen molar-refractivity contribution < 1.29 is 9.90 Å². The summed E-state index contributed by atoms with van der Waals surface area (Å²) in [4.78, 5) is 18.8. The number of piperidine rings is 1. The van der Waals surface area contributed by atoms with Crippen LogP contribution in [0.4, 0.5) is 0 Å². The first-order chi connectivity index (χ1) is 10.1. The van der Waals surface area contributed by atoms with Gasteiger partial charge in [0.25, 0.3) is 5.91 Å². The van der Waals surface area contributed by atoms with Crippen LogP contribution in [0.5, 0.6) is 5.75 Å². The minimum atomic E-state index is -0.0816. The molecule has 0 aliphatic carbocycles. The smallest absolute Gasteiger partial charge is 0.257 e. The van der Waals surface area contributed by atoms with E-state index in [1.54, 1.807) is 35.6 Å². The lowest BCUT2D eigenvalue weighted by Crippen LogP contribution is -2.37. The maximum atomic E-state index is 12.4. The average molecular weight is 302 g/mol. The predicted molar refractivity (Wildman–Crippen MR) is 82.8 cm³/mol. The molecule has 1 aliphatic heterocycles. The van der Waals surface area contributed by atoms with Crippen LogP contribution in [0.1, 0.15) is 39.8 Å². The second-order valence-corrected chi connectivity index (χ2v) is 6.30. The molecule has 110 valence electrons. The van der Waals surface area contributed by atoms with Gasteiger partial charge in [0.1, 0.15) is 5.75 Å². The number of aryl methyl sites for hydroxylation is 1. The third-order valence-corrected chi connectivity index (χ3v) is 5.03. The van der Waals surface area contributed by atoms with Crippen molar-refractivity contribution in [2.45, 2.75) is 25.7 Å². The van der Waals surface area contributed by atoms with Gasteiger partial charge in [-0.2, -0.15) is 0 Å². The van der Waals surface area contributed by atoms with Gasteiger partial charge < -0.3 is 10.0 Å². The Hall–Kier alpha value is -1.88. The van der Waals surface area contributed by atoms with E-state index in [1.165, 1.54) is 5.01 Å². The van der Waals surface area contributed by atoms with Gasteiger partial charge in [-0.15, -0.1) is 11.3 Å². The molecule has 1 aromatic carbocycles. The first kappa shape index (κ1) is 14.1. The molecule has 0 unspecified atom stereocenters. The van der Waals surface area contributed by atoms with Crippen molar-refractivity contribution in [1.82, 2.24) is 9.88 Å². The van der Waals surface area contributed by atoms with Gasteiger partial charge in [-0.05, 0) is 31.9 Å². The van der Waals surface area contributed by atoms with E-state index in [1.807, 2.05) is 11.8 Å². The Balaban J connectivity index is 1.66. The van der Waals surface area contributed by atoms with Crippen molar-refractivity contribution in [3.63, 3.8) is 0 Å². The van der Waals surface area contributed by atoms with Gasteiger partial charge in [0.15, 0.2) is 0 Å². The van der Waals surface area contributed by atoms with Gasteiger partial charge in [-0.1, -0.05) is 12.1 Å². The first-order valence-electron chi connectivity index (χ1n) is 7.14. The summed E-state index contributed by atoms with van der Waals surface area (Å²) in [5, 5.41) is 13.0. The van der Waals surface area contributed by atoms with E-state index in [2.05, 4.69) is 10.4 Å². The van der Waals surface area contributed by atoms with E-state index in [-0.39, 0.29) is 11.7 Å². The fraction of sp³-hybridized carbons (Fsp3) is 0.375. The molecule has 0 saturated carbocycles. The Morgan fingerprint density at radius 2 is 2.05 bits per heavy atom. The molecule has 1 saturated heterocycles. The zero-order chi connectivity index (χ0) is 14.8. The molecule has 1 aliphatic rings. The molecule has 0 atom stereocenters. The maximum Gasteiger partial charge on any atom is 0.257 e. The third kappa shape index (κ3) is 2.93. The number of hydrogen-bond donors (Lipinski definition) is 1. The van der Waals surface area contributed by atoms with Crippen molar-refractivity contribution >= 4 is 17.2 Å². The van der Waals surface area contributed by atoms with Crippen molar-refractivity contribution in [3.8, 4) is 5.75 Å². The zero-order valence-corrected chi connectivity index (χ0v) is 12.8. The zero-order valence-electron chi connectivity index (χ0n) is 12.0. The number of likely N-dealkylation sites (tertiary alicyclic amines) is 1. The van der Waals surface area contributed by atoms with Crippen LogP contribution in [0, 0.1) is 6.92 Å². The van der Waals surface area contributed by atoms with Crippen LogP contribution in [-0.4, -0.2) is 34.0 Å². The number of carbonyl (C=O) groups excluding carboxylic acids is 1. The lowest BCUT2D eigenvalue weighted by atomic mass is 9.97. The number of nitrogens with zero attached hydrogens (tertiary/aromatic N) is 2. The molecule has 1 fully saturated rings. The molecule has 2 aromatic rings. The van der Waals surface area contributed by atoms with E-state index in [0.29, 0.717) is 11.5 Å². The Labute approximate surface area is 128 Å². The number of thiazole rings is 1. The summed E-state index contributed by atoms with van der Waals surface area (Å²) >= 11 is 1.71. The summed E-state index contributed by atoms with van der Waals surface area (Å²) in [7, 11) is 0. The Morgan fingerprint density at radius 3 is 2.67 bits per heavy atom. The predicted octanol–water partition coefficient (Wildman–Crippen LogP) is 3.18. The number of rotatable bonds is 2. The molecule has 0 radical (unpaired) electrons. The second-order valence-electron chi connectivity index (χ2n) is 5.41. The summed E-state index contributed by atoms with van der Waals surface area (Å²) in [6.45, 7) is 3.45. The Bertz CT molecular complexity index is 645. The lowest BCUT2D eigenvalue weighted by Gasteiger charge is -2.31. The number of phenolic OH excluding ortho intramolecular Hbond substituents is 1. The standard InChI is InChI=1S/C16H18N2O2S/c1-11-10-21-15(17-11)12-6-8-18(9-7-12)16(20)13-4-2-3-5-14(13)19/h2-5,10,12,19H,6-9H2,1H3. The number of hydrogen-bond acceptors (Lipinski definition) is 4. The molecule has 1 N–H and O–H groups in total. The first-order valence-corrected chi connectivity index (χ1v) is 8.02. The molecule has 5 heteroatoms. The average Bonchev–Trinajstić information content (AvgIpc) is 2.94. The van der Waals surface area contributed by atoms with Crippen molar-refractivity contribution in [3.05, 3.63) is 45.9 Å². The molecule has 4 nitrogen and oxygen atoms in total. The summed E-state index contributed by atoms with van der Waals surface area (Å²) in [6.07, 6.45) is 1.87. The number of aromatic hydroxyl groups is 1. The molecule has 0 bridgehead atoms. The number of amides is 1. The molecule has 21 heavy (non-hydrogen) atoms. The monoisotopic (exact) mass is 302 g/mol. The van der Waals surface area contributed by atoms with Crippen LogP contribution in [-0.2, 0) is 0 Å². The molecule has 3 rings (SSSR count). The van der Waals surface area contributed by atoms with E-state index >= 15 is 0 Å².